The second-order valence-electron chi connectivity index (χ2n) is 3.14. The van der Waals surface area contributed by atoms with Gasteiger partial charge in [-0.15, -0.1) is 4.28 Å². The van der Waals surface area contributed by atoms with E-state index in [9.17, 15) is 8.42 Å². The van der Waals surface area contributed by atoms with Gasteiger partial charge in [0.25, 0.3) is 0 Å². The molecule has 5 nitrogen and oxygen atoms in total. The smallest absolute Gasteiger partial charge is 0.262 e. The van der Waals surface area contributed by atoms with Crippen LogP contribution in [0.4, 0.5) is 5.69 Å². The van der Waals surface area contributed by atoms with Gasteiger partial charge in [0.15, 0.2) is 0 Å². The lowest BCUT2D eigenvalue weighted by Gasteiger charge is -2.06. The zero-order valence-electron chi connectivity index (χ0n) is 8.12. The van der Waals surface area contributed by atoms with E-state index in [0.717, 1.165) is 10.8 Å². The summed E-state index contributed by atoms with van der Waals surface area (Å²) in [7, 11) is -4.50. The summed E-state index contributed by atoms with van der Waals surface area (Å²) in [6, 6.07) is 12.7. The molecule has 0 saturated carbocycles. The van der Waals surface area contributed by atoms with Crippen LogP contribution < -0.4 is 5.48 Å². The lowest BCUT2D eigenvalue weighted by Crippen LogP contribution is -2.09. The molecule has 2 aromatic rings. The average molecular weight is 239 g/mol. The van der Waals surface area contributed by atoms with Crippen LogP contribution in [0.25, 0.3) is 10.8 Å². The van der Waals surface area contributed by atoms with Gasteiger partial charge in [0.05, 0.1) is 5.69 Å². The molecule has 6 heteroatoms. The molecule has 2 N–H and O–H groups in total. The molecule has 0 aliphatic carbocycles. The van der Waals surface area contributed by atoms with Crippen molar-refractivity contribution in [1.82, 2.24) is 0 Å². The van der Waals surface area contributed by atoms with Crippen LogP contribution in [0.2, 0.25) is 0 Å². The Kier molecular flexibility index (Phi) is 2.78. The number of hydrogen-bond donors (Lipinski definition) is 2. The summed E-state index contributed by atoms with van der Waals surface area (Å²) in [4.78, 5) is 0. The van der Waals surface area contributed by atoms with Crippen LogP contribution in [-0.2, 0) is 14.7 Å². The predicted octanol–water partition coefficient (Wildman–Crippen LogP) is 1.99. The highest BCUT2D eigenvalue weighted by molar-refractivity contribution is 7.80. The molecule has 0 unspecified atom stereocenters. The quantitative estimate of drug-likeness (QED) is 0.632. The number of benzene rings is 2. The molecule has 0 radical (unpaired) electrons. The van der Waals surface area contributed by atoms with Crippen LogP contribution >= 0.6 is 0 Å². The van der Waals surface area contributed by atoms with E-state index in [1.54, 1.807) is 12.1 Å². The zero-order valence-corrected chi connectivity index (χ0v) is 8.94. The summed E-state index contributed by atoms with van der Waals surface area (Å²) >= 11 is 0. The number of fused-ring (bicyclic) bond motifs is 1. The van der Waals surface area contributed by atoms with Gasteiger partial charge in [0.2, 0.25) is 0 Å². The molecule has 0 amide bonds. The van der Waals surface area contributed by atoms with E-state index in [2.05, 4.69) is 9.76 Å². The molecule has 16 heavy (non-hydrogen) atoms. The summed E-state index contributed by atoms with van der Waals surface area (Å²) < 4.78 is 33.4. The Morgan fingerprint density at radius 2 is 1.75 bits per heavy atom. The van der Waals surface area contributed by atoms with Gasteiger partial charge in [0.1, 0.15) is 0 Å². The van der Waals surface area contributed by atoms with Crippen LogP contribution in [0.5, 0.6) is 0 Å². The average Bonchev–Trinajstić information content (AvgIpc) is 2.25. The maximum absolute atomic E-state index is 10.4. The molecule has 0 atom stereocenters. The molecule has 0 bridgehead atoms. The zero-order chi connectivity index (χ0) is 11.6. The number of hydrogen-bond acceptors (Lipinski definition) is 4. The third-order valence-corrected chi connectivity index (χ3v) is 2.34. The van der Waals surface area contributed by atoms with E-state index in [4.69, 9.17) is 4.55 Å². The van der Waals surface area contributed by atoms with E-state index in [-0.39, 0.29) is 0 Å². The summed E-state index contributed by atoms with van der Waals surface area (Å²) in [6.45, 7) is 0. The topological polar surface area (TPSA) is 75.6 Å². The van der Waals surface area contributed by atoms with Gasteiger partial charge in [-0.3, -0.25) is 4.55 Å². The SMILES string of the molecule is O=S(=O)(O)ONc1cccc2ccccc12. The fraction of sp³-hybridized carbons (Fsp3) is 0. The molecule has 0 spiro atoms. The maximum atomic E-state index is 10.4. The summed E-state index contributed by atoms with van der Waals surface area (Å²) in [6.07, 6.45) is 0. The molecule has 0 saturated heterocycles. The van der Waals surface area contributed by atoms with Crippen molar-refractivity contribution in [1.29, 1.82) is 0 Å². The highest BCUT2D eigenvalue weighted by Crippen LogP contribution is 2.22. The number of anilines is 1. The van der Waals surface area contributed by atoms with E-state index >= 15 is 0 Å². The van der Waals surface area contributed by atoms with Crippen molar-refractivity contribution in [3.8, 4) is 0 Å². The highest BCUT2D eigenvalue weighted by Gasteiger charge is 2.06. The molecule has 0 heterocycles. The Bertz CT molecular complexity index is 604. The van der Waals surface area contributed by atoms with Crippen molar-refractivity contribution in [2.24, 2.45) is 0 Å². The monoisotopic (exact) mass is 239 g/mol. The molecule has 0 aliphatic rings. The first-order valence-electron chi connectivity index (χ1n) is 4.46. The van der Waals surface area contributed by atoms with E-state index in [1.165, 1.54) is 0 Å². The normalized spacial score (nSPS) is 11.6. The van der Waals surface area contributed by atoms with Crippen molar-refractivity contribution in [2.75, 3.05) is 5.48 Å². The van der Waals surface area contributed by atoms with Gasteiger partial charge in [-0.25, -0.2) is 5.48 Å². The number of nitrogens with one attached hydrogen (secondary N) is 1. The van der Waals surface area contributed by atoms with E-state index in [1.807, 2.05) is 30.3 Å². The van der Waals surface area contributed by atoms with Crippen LogP contribution in [0, 0.1) is 0 Å². The molecular weight excluding hydrogens is 230 g/mol. The maximum Gasteiger partial charge on any atom is 0.418 e. The van der Waals surface area contributed by atoms with Gasteiger partial charge in [-0.1, -0.05) is 36.4 Å². The third kappa shape index (κ3) is 2.48. The van der Waals surface area contributed by atoms with Gasteiger partial charge < -0.3 is 0 Å². The fourth-order valence-corrected chi connectivity index (χ4v) is 1.61. The van der Waals surface area contributed by atoms with E-state index < -0.39 is 10.4 Å². The van der Waals surface area contributed by atoms with Gasteiger partial charge in [0, 0.05) is 5.39 Å². The highest BCUT2D eigenvalue weighted by atomic mass is 32.3. The third-order valence-electron chi connectivity index (χ3n) is 2.05. The molecule has 0 aromatic heterocycles. The van der Waals surface area contributed by atoms with Crippen molar-refractivity contribution in [3.05, 3.63) is 42.5 Å². The lowest BCUT2D eigenvalue weighted by atomic mass is 10.1. The predicted molar refractivity (Wildman–Crippen MR) is 60.2 cm³/mol. The minimum Gasteiger partial charge on any atom is -0.262 e. The Hall–Kier alpha value is -1.63. The molecular formula is C10H9NO4S. The van der Waals surface area contributed by atoms with Crippen LogP contribution in [-0.4, -0.2) is 13.0 Å². The first-order chi connectivity index (χ1) is 7.56. The van der Waals surface area contributed by atoms with Crippen molar-refractivity contribution < 1.29 is 17.3 Å². The Labute approximate surface area is 92.6 Å². The Morgan fingerprint density at radius 3 is 2.50 bits per heavy atom. The summed E-state index contributed by atoms with van der Waals surface area (Å²) in [5.74, 6) is 0. The van der Waals surface area contributed by atoms with E-state index in [0.29, 0.717) is 5.69 Å². The second-order valence-corrected chi connectivity index (χ2v) is 4.16. The summed E-state index contributed by atoms with van der Waals surface area (Å²) in [5.41, 5.74) is 2.66. The molecule has 2 aromatic carbocycles. The lowest BCUT2D eigenvalue weighted by molar-refractivity contribution is 0.321. The largest absolute Gasteiger partial charge is 0.418 e. The Morgan fingerprint density at radius 1 is 1.06 bits per heavy atom. The number of rotatable bonds is 3. The van der Waals surface area contributed by atoms with Crippen molar-refractivity contribution in [3.63, 3.8) is 0 Å². The molecule has 0 aliphatic heterocycles. The van der Waals surface area contributed by atoms with Crippen LogP contribution in [0.15, 0.2) is 42.5 Å². The minimum absolute atomic E-state index is 0.468. The fourth-order valence-electron chi connectivity index (χ4n) is 1.41. The van der Waals surface area contributed by atoms with Crippen molar-refractivity contribution >= 4 is 26.9 Å². The Balaban J connectivity index is 2.38. The standard InChI is InChI=1S/C10H9NO4S/c12-16(13,14)15-11-10-7-3-5-8-4-1-2-6-9(8)10/h1-7,11H,(H,12,13,14). The first kappa shape index (κ1) is 10.9. The first-order valence-corrected chi connectivity index (χ1v) is 5.82. The second kappa shape index (κ2) is 4.09. The van der Waals surface area contributed by atoms with Crippen molar-refractivity contribution in [2.45, 2.75) is 0 Å². The molecule has 0 fully saturated rings. The van der Waals surface area contributed by atoms with Gasteiger partial charge in [-0.2, -0.15) is 8.42 Å². The summed E-state index contributed by atoms with van der Waals surface area (Å²) in [5, 5.41) is 1.74. The minimum atomic E-state index is -4.50. The molecule has 84 valence electrons. The van der Waals surface area contributed by atoms with Crippen LogP contribution in [0.3, 0.4) is 0 Å². The molecule has 2 rings (SSSR count). The van der Waals surface area contributed by atoms with Gasteiger partial charge >= 0.3 is 10.4 Å². The van der Waals surface area contributed by atoms with Crippen LogP contribution in [0.1, 0.15) is 0 Å². The van der Waals surface area contributed by atoms with Gasteiger partial charge in [-0.05, 0) is 11.5 Å².